The molecule has 0 spiro atoms. The van der Waals surface area contributed by atoms with Crippen molar-refractivity contribution in [2.75, 3.05) is 13.2 Å². The molecule has 0 radical (unpaired) electrons. The van der Waals surface area contributed by atoms with E-state index in [9.17, 15) is 14.4 Å². The summed E-state index contributed by atoms with van der Waals surface area (Å²) in [5.41, 5.74) is 0. The van der Waals surface area contributed by atoms with Gasteiger partial charge in [-0.2, -0.15) is 0 Å². The van der Waals surface area contributed by atoms with Gasteiger partial charge in [-0.1, -0.05) is 306 Å². The van der Waals surface area contributed by atoms with Gasteiger partial charge in [0.05, 0.1) is 0 Å². The van der Waals surface area contributed by atoms with E-state index < -0.39 is 6.10 Å². The first-order chi connectivity index (χ1) is 36.0. The summed E-state index contributed by atoms with van der Waals surface area (Å²) >= 11 is 0. The molecule has 424 valence electrons. The van der Waals surface area contributed by atoms with Crippen LogP contribution in [0.2, 0.25) is 0 Å². The highest BCUT2D eigenvalue weighted by molar-refractivity contribution is 5.71. The zero-order valence-corrected chi connectivity index (χ0v) is 48.7. The topological polar surface area (TPSA) is 78.9 Å². The Morgan fingerprint density at radius 2 is 0.534 bits per heavy atom. The molecule has 1 atom stereocenters. The number of hydrogen-bond acceptors (Lipinski definition) is 6. The van der Waals surface area contributed by atoms with Crippen molar-refractivity contribution in [1.82, 2.24) is 0 Å². The molecule has 0 rings (SSSR count). The Morgan fingerprint density at radius 3 is 0.836 bits per heavy atom. The molecule has 0 saturated carbocycles. The standard InChI is InChI=1S/C67H120O6/c1-4-7-10-13-15-17-19-21-23-25-27-29-31-32-33-34-36-37-39-41-43-45-47-49-51-54-57-60-66(69)72-63-64(62-71-65(68)59-56-53-12-9-6-3)73-67(70)61-58-55-52-50-48-46-44-42-40-38-35-30-28-26-24-22-20-18-16-14-11-8-5-2/h8,11,16,18,22,24,28,30,38,40,64H,4-7,9-10,12-15,17,19-21,23,25-27,29,31-37,39,41-63H2,1-3H3/b11-8-,18-16-,24-22-,30-28-,40-38-. The molecule has 0 N–H and O–H groups in total. The summed E-state index contributed by atoms with van der Waals surface area (Å²) in [4.78, 5) is 37.9. The molecule has 6 nitrogen and oxygen atoms in total. The largest absolute Gasteiger partial charge is 0.462 e. The minimum Gasteiger partial charge on any atom is -0.462 e. The summed E-state index contributed by atoms with van der Waals surface area (Å²) in [6, 6.07) is 0. The quantitative estimate of drug-likeness (QED) is 0.0261. The molecule has 0 amide bonds. The first-order valence-electron chi connectivity index (χ1n) is 31.8. The van der Waals surface area contributed by atoms with Crippen molar-refractivity contribution in [2.45, 2.75) is 335 Å². The van der Waals surface area contributed by atoms with E-state index in [0.717, 1.165) is 103 Å². The van der Waals surface area contributed by atoms with Crippen molar-refractivity contribution in [2.24, 2.45) is 0 Å². The summed E-state index contributed by atoms with van der Waals surface area (Å²) < 4.78 is 16.8. The van der Waals surface area contributed by atoms with Crippen LogP contribution in [0.4, 0.5) is 0 Å². The van der Waals surface area contributed by atoms with E-state index in [2.05, 4.69) is 81.5 Å². The predicted molar refractivity (Wildman–Crippen MR) is 316 cm³/mol. The fourth-order valence-corrected chi connectivity index (χ4v) is 9.30. The van der Waals surface area contributed by atoms with E-state index in [4.69, 9.17) is 14.2 Å². The number of allylic oxidation sites excluding steroid dienone is 10. The average molecular weight is 1020 g/mol. The number of ether oxygens (including phenoxy) is 3. The molecule has 0 aromatic carbocycles. The maximum Gasteiger partial charge on any atom is 0.306 e. The fourth-order valence-electron chi connectivity index (χ4n) is 9.30. The number of esters is 3. The molecular weight excluding hydrogens is 901 g/mol. The van der Waals surface area contributed by atoms with Gasteiger partial charge in [-0.15, -0.1) is 0 Å². The third kappa shape index (κ3) is 59.9. The Balaban J connectivity index is 4.02. The van der Waals surface area contributed by atoms with Gasteiger partial charge in [-0.3, -0.25) is 14.4 Å². The molecule has 1 unspecified atom stereocenters. The third-order valence-corrected chi connectivity index (χ3v) is 14.0. The van der Waals surface area contributed by atoms with E-state index >= 15 is 0 Å². The molecule has 0 aliphatic rings. The summed E-state index contributed by atoms with van der Waals surface area (Å²) in [5.74, 6) is -0.887. The number of rotatable bonds is 58. The van der Waals surface area contributed by atoms with Gasteiger partial charge in [0.25, 0.3) is 0 Å². The van der Waals surface area contributed by atoms with Crippen molar-refractivity contribution in [3.8, 4) is 0 Å². The Labute approximate surface area is 453 Å². The third-order valence-electron chi connectivity index (χ3n) is 14.0. The Morgan fingerprint density at radius 1 is 0.288 bits per heavy atom. The highest BCUT2D eigenvalue weighted by atomic mass is 16.6. The van der Waals surface area contributed by atoms with E-state index in [1.54, 1.807) is 0 Å². The van der Waals surface area contributed by atoms with Gasteiger partial charge in [-0.05, 0) is 64.2 Å². The number of carbonyl (C=O) groups is 3. The summed E-state index contributed by atoms with van der Waals surface area (Å²) in [6.07, 6.45) is 78.6. The van der Waals surface area contributed by atoms with Crippen molar-refractivity contribution in [3.05, 3.63) is 60.8 Å². The Bertz CT molecular complexity index is 1310. The number of carbonyl (C=O) groups excluding carboxylic acids is 3. The Hall–Kier alpha value is -2.89. The van der Waals surface area contributed by atoms with Crippen LogP contribution in [0, 0.1) is 0 Å². The van der Waals surface area contributed by atoms with Crippen molar-refractivity contribution in [1.29, 1.82) is 0 Å². The number of unbranched alkanes of at least 4 members (excludes halogenated alkanes) is 37. The maximum absolute atomic E-state index is 12.8. The molecule has 6 heteroatoms. The van der Waals surface area contributed by atoms with E-state index in [0.29, 0.717) is 19.3 Å². The second-order valence-corrected chi connectivity index (χ2v) is 21.3. The van der Waals surface area contributed by atoms with Crippen LogP contribution in [0.1, 0.15) is 329 Å². The van der Waals surface area contributed by atoms with Gasteiger partial charge in [0.1, 0.15) is 13.2 Å². The molecule has 0 bridgehead atoms. The molecule has 0 aliphatic heterocycles. The van der Waals surface area contributed by atoms with Crippen LogP contribution in [-0.4, -0.2) is 37.2 Å². The second-order valence-electron chi connectivity index (χ2n) is 21.3. The van der Waals surface area contributed by atoms with E-state index in [1.165, 1.54) is 186 Å². The normalized spacial score (nSPS) is 12.4. The van der Waals surface area contributed by atoms with Crippen LogP contribution in [0.15, 0.2) is 60.8 Å². The smallest absolute Gasteiger partial charge is 0.306 e. The van der Waals surface area contributed by atoms with E-state index in [-0.39, 0.29) is 31.1 Å². The van der Waals surface area contributed by atoms with Gasteiger partial charge in [-0.25, -0.2) is 0 Å². The zero-order chi connectivity index (χ0) is 52.9. The second kappa shape index (κ2) is 61.7. The molecule has 0 saturated heterocycles. The monoisotopic (exact) mass is 1020 g/mol. The van der Waals surface area contributed by atoms with Crippen LogP contribution in [-0.2, 0) is 28.6 Å². The van der Waals surface area contributed by atoms with Gasteiger partial charge in [0, 0.05) is 19.3 Å². The SMILES string of the molecule is CC/C=C\C/C=C\C/C=C\C/C=C\C/C=C\CCCCCCCCCC(=O)OC(COC(=O)CCCCCCC)COC(=O)CCCCCCCCCCCCCCCCCCCCCCCCCCCCC. The van der Waals surface area contributed by atoms with Crippen molar-refractivity contribution >= 4 is 17.9 Å². The Kier molecular flexibility index (Phi) is 59.2. The fraction of sp³-hybridized carbons (Fsp3) is 0.806. The van der Waals surface area contributed by atoms with E-state index in [1.807, 2.05) is 0 Å². The number of hydrogen-bond donors (Lipinski definition) is 0. The summed E-state index contributed by atoms with van der Waals surface area (Å²) in [5, 5.41) is 0. The first-order valence-corrected chi connectivity index (χ1v) is 31.8. The molecule has 73 heavy (non-hydrogen) atoms. The van der Waals surface area contributed by atoms with Crippen LogP contribution in [0.25, 0.3) is 0 Å². The van der Waals surface area contributed by atoms with Crippen molar-refractivity contribution < 1.29 is 28.6 Å². The summed E-state index contributed by atoms with van der Waals surface area (Å²) in [6.45, 7) is 6.48. The lowest BCUT2D eigenvalue weighted by Crippen LogP contribution is -2.30. The van der Waals surface area contributed by atoms with Gasteiger partial charge in [0.15, 0.2) is 6.10 Å². The minimum atomic E-state index is -0.776. The minimum absolute atomic E-state index is 0.0759. The predicted octanol–water partition coefficient (Wildman–Crippen LogP) is 21.6. The molecule has 0 fully saturated rings. The van der Waals surface area contributed by atoms with Crippen molar-refractivity contribution in [3.63, 3.8) is 0 Å². The zero-order valence-electron chi connectivity index (χ0n) is 48.7. The van der Waals surface area contributed by atoms with Crippen LogP contribution < -0.4 is 0 Å². The van der Waals surface area contributed by atoms with Crippen LogP contribution in [0.5, 0.6) is 0 Å². The maximum atomic E-state index is 12.8. The van der Waals surface area contributed by atoms with Crippen LogP contribution in [0.3, 0.4) is 0 Å². The summed E-state index contributed by atoms with van der Waals surface area (Å²) in [7, 11) is 0. The van der Waals surface area contributed by atoms with Crippen LogP contribution >= 0.6 is 0 Å². The molecule has 0 aliphatic carbocycles. The van der Waals surface area contributed by atoms with Gasteiger partial charge in [0.2, 0.25) is 0 Å². The lowest BCUT2D eigenvalue weighted by molar-refractivity contribution is -0.167. The lowest BCUT2D eigenvalue weighted by Gasteiger charge is -2.18. The first kappa shape index (κ1) is 70.1. The molecular formula is C67H120O6. The molecule has 0 heterocycles. The highest BCUT2D eigenvalue weighted by Gasteiger charge is 2.19. The molecule has 0 aromatic heterocycles. The lowest BCUT2D eigenvalue weighted by atomic mass is 10.0. The molecule has 0 aromatic rings. The van der Waals surface area contributed by atoms with Gasteiger partial charge < -0.3 is 14.2 Å². The van der Waals surface area contributed by atoms with Gasteiger partial charge >= 0.3 is 17.9 Å². The highest BCUT2D eigenvalue weighted by Crippen LogP contribution is 2.18. The average Bonchev–Trinajstić information content (AvgIpc) is 3.39.